The molecule has 1 fully saturated rings. The smallest absolute Gasteiger partial charge is 0.257 e. The Balaban J connectivity index is 1.42. The first kappa shape index (κ1) is 20.3. The molecule has 1 aliphatic rings. The zero-order chi connectivity index (χ0) is 21.1. The minimum absolute atomic E-state index is 0.0719. The Labute approximate surface area is 179 Å². The second kappa shape index (κ2) is 8.79. The van der Waals surface area contributed by atoms with E-state index in [-0.39, 0.29) is 10.6 Å². The molecule has 5 nitrogen and oxygen atoms in total. The van der Waals surface area contributed by atoms with Crippen molar-refractivity contribution in [2.45, 2.75) is 19.8 Å². The van der Waals surface area contributed by atoms with Gasteiger partial charge in [-0.1, -0.05) is 30.7 Å². The fraction of sp³-hybridized carbons (Fsp3) is 0.261. The van der Waals surface area contributed by atoms with E-state index in [1.807, 2.05) is 24.3 Å². The van der Waals surface area contributed by atoms with Crippen molar-refractivity contribution in [3.05, 3.63) is 71.0 Å². The molecular formula is C23H22ClFN4O. The Kier molecular flexibility index (Phi) is 5.95. The third kappa shape index (κ3) is 4.60. The summed E-state index contributed by atoms with van der Waals surface area (Å²) in [6.07, 6.45) is 2.36. The van der Waals surface area contributed by atoms with E-state index in [0.717, 1.165) is 42.1 Å². The molecule has 0 unspecified atom stereocenters. The number of nitrogens with zero attached hydrogens (tertiary/aromatic N) is 3. The summed E-state index contributed by atoms with van der Waals surface area (Å²) in [4.78, 5) is 14.6. The Morgan fingerprint density at radius 1 is 1.07 bits per heavy atom. The fourth-order valence-corrected chi connectivity index (χ4v) is 3.73. The molecule has 7 heteroatoms. The maximum Gasteiger partial charge on any atom is 0.257 e. The zero-order valence-electron chi connectivity index (χ0n) is 16.6. The van der Waals surface area contributed by atoms with E-state index in [1.165, 1.54) is 25.0 Å². The highest BCUT2D eigenvalue weighted by Crippen LogP contribution is 2.24. The maximum absolute atomic E-state index is 13.2. The molecule has 1 saturated heterocycles. The number of halogens is 2. The number of anilines is 2. The normalized spacial score (nSPS) is 14.6. The van der Waals surface area contributed by atoms with Crippen LogP contribution in [0.25, 0.3) is 11.3 Å². The molecule has 0 spiro atoms. The first-order chi connectivity index (χ1) is 14.5. The van der Waals surface area contributed by atoms with Gasteiger partial charge in [0.05, 0.1) is 16.3 Å². The first-order valence-electron chi connectivity index (χ1n) is 9.95. The van der Waals surface area contributed by atoms with Gasteiger partial charge in [0, 0.05) is 24.3 Å². The number of amides is 1. The molecule has 154 valence electrons. The average Bonchev–Trinajstić information content (AvgIpc) is 2.75. The predicted molar refractivity (Wildman–Crippen MR) is 117 cm³/mol. The van der Waals surface area contributed by atoms with Crippen molar-refractivity contribution in [2.24, 2.45) is 5.92 Å². The van der Waals surface area contributed by atoms with Crippen molar-refractivity contribution < 1.29 is 9.18 Å². The van der Waals surface area contributed by atoms with Crippen molar-refractivity contribution in [3.63, 3.8) is 0 Å². The zero-order valence-corrected chi connectivity index (χ0v) is 17.4. The number of carbonyl (C=O) groups is 1. The van der Waals surface area contributed by atoms with Crippen LogP contribution in [-0.4, -0.2) is 29.2 Å². The van der Waals surface area contributed by atoms with E-state index < -0.39 is 11.7 Å². The standard InChI is InChI=1S/C23H22ClFN4O/c1-15-10-12-29(13-11-15)22-9-8-21(27-28-22)16-2-5-18(6-3-16)26-23(30)19-7-4-17(25)14-20(19)24/h2-9,14-15H,10-13H2,1H3,(H,26,30). The topological polar surface area (TPSA) is 58.1 Å². The number of piperidine rings is 1. The van der Waals surface area contributed by atoms with E-state index in [4.69, 9.17) is 11.6 Å². The molecular weight excluding hydrogens is 403 g/mol. The Morgan fingerprint density at radius 3 is 2.43 bits per heavy atom. The van der Waals surface area contributed by atoms with Crippen molar-refractivity contribution >= 4 is 29.0 Å². The molecule has 30 heavy (non-hydrogen) atoms. The van der Waals surface area contributed by atoms with Crippen LogP contribution in [-0.2, 0) is 0 Å². The lowest BCUT2D eigenvalue weighted by molar-refractivity contribution is 0.102. The van der Waals surface area contributed by atoms with Crippen LogP contribution in [0.15, 0.2) is 54.6 Å². The molecule has 0 radical (unpaired) electrons. The molecule has 2 aromatic carbocycles. The minimum atomic E-state index is -0.483. The lowest BCUT2D eigenvalue weighted by Gasteiger charge is -2.30. The second-order valence-corrected chi connectivity index (χ2v) is 8.01. The molecule has 1 amide bonds. The maximum atomic E-state index is 13.2. The molecule has 0 atom stereocenters. The summed E-state index contributed by atoms with van der Waals surface area (Å²) in [5.74, 6) is 0.799. The van der Waals surface area contributed by atoms with E-state index in [9.17, 15) is 9.18 Å². The van der Waals surface area contributed by atoms with Gasteiger partial charge in [-0.05, 0) is 61.2 Å². The molecule has 1 aromatic heterocycles. The van der Waals surface area contributed by atoms with E-state index in [2.05, 4.69) is 27.3 Å². The summed E-state index contributed by atoms with van der Waals surface area (Å²) in [5, 5.41) is 11.6. The Hall–Kier alpha value is -2.99. The third-order valence-corrected chi connectivity index (χ3v) is 5.69. The van der Waals surface area contributed by atoms with Crippen LogP contribution in [0.3, 0.4) is 0 Å². The lowest BCUT2D eigenvalue weighted by atomic mass is 9.99. The number of hydrogen-bond acceptors (Lipinski definition) is 4. The number of hydrogen-bond donors (Lipinski definition) is 1. The van der Waals surface area contributed by atoms with Gasteiger partial charge in [-0.25, -0.2) is 4.39 Å². The molecule has 3 aromatic rings. The quantitative estimate of drug-likeness (QED) is 0.607. The summed E-state index contributed by atoms with van der Waals surface area (Å²) < 4.78 is 13.2. The molecule has 0 bridgehead atoms. The summed E-state index contributed by atoms with van der Waals surface area (Å²) in [5.41, 5.74) is 2.49. The van der Waals surface area contributed by atoms with Gasteiger partial charge in [-0.15, -0.1) is 10.2 Å². The molecule has 0 saturated carbocycles. The number of nitrogens with one attached hydrogen (secondary N) is 1. The summed E-state index contributed by atoms with van der Waals surface area (Å²) in [6, 6.07) is 15.0. The van der Waals surface area contributed by atoms with Gasteiger partial charge in [0.1, 0.15) is 5.82 Å². The van der Waals surface area contributed by atoms with Crippen molar-refractivity contribution in [1.82, 2.24) is 10.2 Å². The summed E-state index contributed by atoms with van der Waals surface area (Å²) in [7, 11) is 0. The van der Waals surface area contributed by atoms with Crippen LogP contribution >= 0.6 is 11.6 Å². The summed E-state index contributed by atoms with van der Waals surface area (Å²) >= 11 is 5.95. The first-order valence-corrected chi connectivity index (χ1v) is 10.3. The van der Waals surface area contributed by atoms with Crippen LogP contribution < -0.4 is 10.2 Å². The van der Waals surface area contributed by atoms with Gasteiger partial charge in [0.15, 0.2) is 5.82 Å². The van der Waals surface area contributed by atoms with E-state index in [0.29, 0.717) is 5.69 Å². The highest BCUT2D eigenvalue weighted by molar-refractivity contribution is 6.34. The van der Waals surface area contributed by atoms with E-state index in [1.54, 1.807) is 12.1 Å². The second-order valence-electron chi connectivity index (χ2n) is 7.60. The average molecular weight is 425 g/mol. The largest absolute Gasteiger partial charge is 0.355 e. The van der Waals surface area contributed by atoms with Crippen LogP contribution in [0.4, 0.5) is 15.9 Å². The van der Waals surface area contributed by atoms with Gasteiger partial charge in [-0.2, -0.15) is 0 Å². The monoisotopic (exact) mass is 424 g/mol. The molecule has 1 N–H and O–H groups in total. The number of benzene rings is 2. The molecule has 2 heterocycles. The van der Waals surface area contributed by atoms with Crippen molar-refractivity contribution in [2.75, 3.05) is 23.3 Å². The highest BCUT2D eigenvalue weighted by atomic mass is 35.5. The number of carbonyl (C=O) groups excluding carboxylic acids is 1. The lowest BCUT2D eigenvalue weighted by Crippen LogP contribution is -2.33. The van der Waals surface area contributed by atoms with Crippen LogP contribution in [0.1, 0.15) is 30.1 Å². The summed E-state index contributed by atoms with van der Waals surface area (Å²) in [6.45, 7) is 4.32. The van der Waals surface area contributed by atoms with Gasteiger partial charge >= 0.3 is 0 Å². The highest BCUT2D eigenvalue weighted by Gasteiger charge is 2.17. The van der Waals surface area contributed by atoms with E-state index >= 15 is 0 Å². The fourth-order valence-electron chi connectivity index (χ4n) is 3.48. The molecule has 1 aliphatic heterocycles. The van der Waals surface area contributed by atoms with Crippen molar-refractivity contribution in [3.8, 4) is 11.3 Å². The van der Waals surface area contributed by atoms with Gasteiger partial charge < -0.3 is 10.2 Å². The number of rotatable bonds is 4. The van der Waals surface area contributed by atoms with Crippen molar-refractivity contribution in [1.29, 1.82) is 0 Å². The molecule has 4 rings (SSSR count). The predicted octanol–water partition coefficient (Wildman–Crippen LogP) is 5.42. The van der Waals surface area contributed by atoms with Crippen LogP contribution in [0, 0.1) is 11.7 Å². The van der Waals surface area contributed by atoms with Crippen LogP contribution in [0.5, 0.6) is 0 Å². The molecule has 0 aliphatic carbocycles. The Morgan fingerprint density at radius 2 is 1.80 bits per heavy atom. The number of aromatic nitrogens is 2. The van der Waals surface area contributed by atoms with Gasteiger partial charge in [0.2, 0.25) is 0 Å². The van der Waals surface area contributed by atoms with Crippen LogP contribution in [0.2, 0.25) is 5.02 Å². The SMILES string of the molecule is CC1CCN(c2ccc(-c3ccc(NC(=O)c4ccc(F)cc4Cl)cc3)nn2)CC1. The minimum Gasteiger partial charge on any atom is -0.355 e. The third-order valence-electron chi connectivity index (χ3n) is 5.37. The van der Waals surface area contributed by atoms with Gasteiger partial charge in [0.25, 0.3) is 5.91 Å². The Bertz CT molecular complexity index is 1030. The van der Waals surface area contributed by atoms with Gasteiger partial charge in [-0.3, -0.25) is 4.79 Å².